The highest BCUT2D eigenvalue weighted by atomic mass is 35.5. The lowest BCUT2D eigenvalue weighted by molar-refractivity contribution is -0.139. The molecule has 3 rings (SSSR count). The average Bonchev–Trinajstić information content (AvgIpc) is 2.71. The molecule has 1 aliphatic heterocycles. The largest absolute Gasteiger partial charge is 0.493 e. The van der Waals surface area contributed by atoms with Crippen LogP contribution in [0, 0.1) is 0 Å². The topological polar surface area (TPSA) is 63.2 Å². The van der Waals surface area contributed by atoms with Gasteiger partial charge < -0.3 is 23.7 Å². The number of halogens is 1. The van der Waals surface area contributed by atoms with E-state index >= 15 is 0 Å². The Morgan fingerprint density at radius 1 is 1.25 bits per heavy atom. The highest BCUT2D eigenvalue weighted by molar-refractivity contribution is 6.30. The Kier molecular flexibility index (Phi) is 6.79. The molecule has 0 bridgehead atoms. The van der Waals surface area contributed by atoms with Gasteiger partial charge in [0.15, 0.2) is 18.3 Å². The Morgan fingerprint density at radius 3 is 2.89 bits per heavy atom. The van der Waals surface area contributed by atoms with E-state index in [2.05, 4.69) is 0 Å². The van der Waals surface area contributed by atoms with E-state index in [9.17, 15) is 4.79 Å². The molecule has 0 atom stereocenters. The van der Waals surface area contributed by atoms with Crippen LogP contribution in [0.15, 0.2) is 36.4 Å². The minimum atomic E-state index is -0.478. The van der Waals surface area contributed by atoms with E-state index in [-0.39, 0.29) is 13.4 Å². The lowest BCUT2D eigenvalue weighted by Crippen LogP contribution is -2.14. The Hall–Kier alpha value is -2.70. The van der Waals surface area contributed by atoms with Gasteiger partial charge in [-0.3, -0.25) is 0 Å². The Labute approximate surface area is 168 Å². The summed E-state index contributed by atoms with van der Waals surface area (Å²) < 4.78 is 26.9. The summed E-state index contributed by atoms with van der Waals surface area (Å²) in [5.41, 5.74) is 2.33. The second-order valence-electron chi connectivity index (χ2n) is 5.95. The van der Waals surface area contributed by atoms with Gasteiger partial charge in [-0.05, 0) is 42.8 Å². The molecule has 0 amide bonds. The van der Waals surface area contributed by atoms with E-state index in [4.69, 9.17) is 35.3 Å². The van der Waals surface area contributed by atoms with E-state index < -0.39 is 5.97 Å². The Balaban J connectivity index is 1.64. The molecule has 1 heterocycles. The number of benzene rings is 2. The van der Waals surface area contributed by atoms with Crippen molar-refractivity contribution in [1.29, 1.82) is 0 Å². The molecule has 0 saturated heterocycles. The van der Waals surface area contributed by atoms with Gasteiger partial charge in [-0.1, -0.05) is 17.7 Å². The van der Waals surface area contributed by atoms with Gasteiger partial charge in [-0.15, -0.1) is 0 Å². The molecular weight excluding hydrogens is 384 g/mol. The van der Waals surface area contributed by atoms with Crippen molar-refractivity contribution in [2.24, 2.45) is 0 Å². The minimum Gasteiger partial charge on any atom is -0.493 e. The highest BCUT2D eigenvalue weighted by Crippen LogP contribution is 2.32. The van der Waals surface area contributed by atoms with Gasteiger partial charge in [0.25, 0.3) is 0 Å². The first-order chi connectivity index (χ1) is 13.6. The van der Waals surface area contributed by atoms with Crippen LogP contribution in [0.1, 0.15) is 23.6 Å². The van der Waals surface area contributed by atoms with Crippen LogP contribution in [0.3, 0.4) is 0 Å². The van der Waals surface area contributed by atoms with Gasteiger partial charge in [0.1, 0.15) is 12.4 Å². The van der Waals surface area contributed by atoms with Gasteiger partial charge in [-0.25, -0.2) is 4.79 Å². The van der Waals surface area contributed by atoms with Crippen LogP contribution >= 0.6 is 11.6 Å². The maximum atomic E-state index is 12.1. The molecule has 1 aliphatic rings. The quantitative estimate of drug-likeness (QED) is 0.504. The highest BCUT2D eigenvalue weighted by Gasteiger charge is 2.17. The predicted molar refractivity (Wildman–Crippen MR) is 105 cm³/mol. The fourth-order valence-corrected chi connectivity index (χ4v) is 3.05. The molecule has 2 aromatic carbocycles. The fraction of sp³-hybridized carbons (Fsp3) is 0.286. The molecule has 0 fully saturated rings. The van der Waals surface area contributed by atoms with Crippen molar-refractivity contribution in [2.75, 3.05) is 20.5 Å². The summed E-state index contributed by atoms with van der Waals surface area (Å²) >= 11 is 6.11. The van der Waals surface area contributed by atoms with E-state index in [0.717, 1.165) is 11.1 Å². The van der Waals surface area contributed by atoms with Crippen LogP contribution in [0.2, 0.25) is 5.02 Å². The first-order valence-electron chi connectivity index (χ1n) is 8.78. The molecule has 0 aromatic heterocycles. The van der Waals surface area contributed by atoms with E-state index in [1.165, 1.54) is 6.08 Å². The zero-order valence-corrected chi connectivity index (χ0v) is 16.5. The van der Waals surface area contributed by atoms with Crippen LogP contribution in [-0.4, -0.2) is 26.5 Å². The molecule has 148 valence electrons. The van der Waals surface area contributed by atoms with Gasteiger partial charge in [0.2, 0.25) is 0 Å². The van der Waals surface area contributed by atoms with Crippen molar-refractivity contribution in [3.8, 4) is 17.2 Å². The van der Waals surface area contributed by atoms with Crippen molar-refractivity contribution in [3.63, 3.8) is 0 Å². The normalized spacial score (nSPS) is 13.0. The first kappa shape index (κ1) is 20.0. The number of esters is 1. The Morgan fingerprint density at radius 2 is 2.11 bits per heavy atom. The Bertz CT molecular complexity index is 877. The first-order valence-corrected chi connectivity index (χ1v) is 9.16. The monoisotopic (exact) mass is 404 g/mol. The summed E-state index contributed by atoms with van der Waals surface area (Å²) in [6.45, 7) is 3.07. The summed E-state index contributed by atoms with van der Waals surface area (Å²) in [5.74, 6) is 1.43. The van der Waals surface area contributed by atoms with Crippen LogP contribution in [0.4, 0.5) is 0 Å². The lowest BCUT2D eigenvalue weighted by atomic mass is 10.1. The van der Waals surface area contributed by atoms with Crippen molar-refractivity contribution >= 4 is 23.6 Å². The smallest absolute Gasteiger partial charge is 0.331 e. The maximum absolute atomic E-state index is 12.1. The van der Waals surface area contributed by atoms with Crippen molar-refractivity contribution in [3.05, 3.63) is 58.1 Å². The van der Waals surface area contributed by atoms with Crippen LogP contribution in [-0.2, 0) is 27.5 Å². The molecule has 2 aromatic rings. The van der Waals surface area contributed by atoms with E-state index in [0.29, 0.717) is 41.0 Å². The van der Waals surface area contributed by atoms with Gasteiger partial charge >= 0.3 is 5.97 Å². The second kappa shape index (κ2) is 9.48. The minimum absolute atomic E-state index is 0.0542. The molecule has 0 N–H and O–H groups in total. The summed E-state index contributed by atoms with van der Waals surface area (Å²) in [5, 5.41) is 0.538. The number of hydrogen-bond acceptors (Lipinski definition) is 6. The van der Waals surface area contributed by atoms with Crippen LogP contribution < -0.4 is 14.2 Å². The zero-order valence-electron chi connectivity index (χ0n) is 15.7. The average molecular weight is 405 g/mol. The summed E-state index contributed by atoms with van der Waals surface area (Å²) in [6.07, 6.45) is 3.01. The molecule has 28 heavy (non-hydrogen) atoms. The third-order valence-electron chi connectivity index (χ3n) is 4.02. The molecule has 0 radical (unpaired) electrons. The fourth-order valence-electron chi connectivity index (χ4n) is 2.79. The molecule has 0 aliphatic carbocycles. The number of ether oxygens (including phenoxy) is 5. The summed E-state index contributed by atoms with van der Waals surface area (Å²) in [6, 6.07) is 8.92. The molecule has 6 nitrogen and oxygen atoms in total. The molecule has 0 saturated carbocycles. The molecule has 0 unspecified atom stereocenters. The number of hydrogen-bond donors (Lipinski definition) is 0. The van der Waals surface area contributed by atoms with Gasteiger partial charge in [0, 0.05) is 22.2 Å². The van der Waals surface area contributed by atoms with Gasteiger partial charge in [0.05, 0.1) is 20.3 Å². The standard InChI is InChI=1S/C21H21ClO6/c1-3-26-18-6-4-14(8-19(18)24-2)5-7-20(23)27-12-16-10-17(22)9-15-11-25-13-28-21(15)16/h4-10H,3,11-13H2,1-2H3/b7-5+. The lowest BCUT2D eigenvalue weighted by Gasteiger charge is -2.20. The molecule has 7 heteroatoms. The number of rotatable bonds is 7. The van der Waals surface area contributed by atoms with Crippen molar-refractivity contribution < 1.29 is 28.5 Å². The third kappa shape index (κ3) is 4.97. The zero-order chi connectivity index (χ0) is 19.9. The van der Waals surface area contributed by atoms with Gasteiger partial charge in [-0.2, -0.15) is 0 Å². The summed E-state index contributed by atoms with van der Waals surface area (Å²) in [4.78, 5) is 12.1. The third-order valence-corrected chi connectivity index (χ3v) is 4.24. The van der Waals surface area contributed by atoms with Crippen LogP contribution in [0.25, 0.3) is 6.08 Å². The number of fused-ring (bicyclic) bond motifs is 1. The molecular formula is C21H21ClO6. The predicted octanol–water partition coefficient (Wildman–Crippen LogP) is 4.37. The molecule has 0 spiro atoms. The van der Waals surface area contributed by atoms with Crippen LogP contribution in [0.5, 0.6) is 17.2 Å². The maximum Gasteiger partial charge on any atom is 0.331 e. The number of methoxy groups -OCH3 is 1. The van der Waals surface area contributed by atoms with Crippen molar-refractivity contribution in [1.82, 2.24) is 0 Å². The van der Waals surface area contributed by atoms with E-state index in [1.807, 2.05) is 13.0 Å². The second-order valence-corrected chi connectivity index (χ2v) is 6.38. The number of carbonyl (C=O) groups excluding carboxylic acids is 1. The SMILES string of the molecule is CCOc1ccc(/C=C/C(=O)OCc2cc(Cl)cc3c2OCOC3)cc1OC. The number of carbonyl (C=O) groups is 1. The van der Waals surface area contributed by atoms with Crippen molar-refractivity contribution in [2.45, 2.75) is 20.1 Å². The van der Waals surface area contributed by atoms with E-state index in [1.54, 1.807) is 37.5 Å². The summed E-state index contributed by atoms with van der Waals surface area (Å²) in [7, 11) is 1.57.